The van der Waals surface area contributed by atoms with Crippen LogP contribution in [0, 0.1) is 18.6 Å². The summed E-state index contributed by atoms with van der Waals surface area (Å²) in [5.74, 6) is -3.27. The number of amides is 2. The van der Waals surface area contributed by atoms with E-state index >= 15 is 0 Å². The maximum atomic E-state index is 13.9. The lowest BCUT2D eigenvalue weighted by molar-refractivity contribution is 0.0925. The van der Waals surface area contributed by atoms with Gasteiger partial charge in [0.15, 0.2) is 5.82 Å². The molecule has 0 fully saturated rings. The Balaban J connectivity index is 2.19. The van der Waals surface area contributed by atoms with E-state index in [1.165, 1.54) is 6.07 Å². The van der Waals surface area contributed by atoms with Crippen molar-refractivity contribution >= 4 is 23.2 Å². The summed E-state index contributed by atoms with van der Waals surface area (Å²) < 4.78 is 27.0. The highest BCUT2D eigenvalue weighted by Crippen LogP contribution is 2.35. The Labute approximate surface area is 118 Å². The van der Waals surface area contributed by atoms with Crippen molar-refractivity contribution in [3.63, 3.8) is 0 Å². The van der Waals surface area contributed by atoms with E-state index in [4.69, 9.17) is 5.73 Å². The van der Waals surface area contributed by atoms with Crippen LogP contribution in [0.5, 0.6) is 0 Å². The molecule has 2 N–H and O–H groups in total. The average molecular weight is 288 g/mol. The van der Waals surface area contributed by atoms with Crippen LogP contribution in [-0.4, -0.2) is 11.8 Å². The van der Waals surface area contributed by atoms with E-state index in [9.17, 15) is 18.4 Å². The Bertz CT molecular complexity index is 779. The number of anilines is 2. The molecule has 0 aromatic heterocycles. The van der Waals surface area contributed by atoms with Crippen LogP contribution >= 0.6 is 0 Å². The van der Waals surface area contributed by atoms with E-state index in [1.54, 1.807) is 19.1 Å². The van der Waals surface area contributed by atoms with Crippen molar-refractivity contribution < 1.29 is 18.4 Å². The summed E-state index contributed by atoms with van der Waals surface area (Å²) in [6.07, 6.45) is 0. The van der Waals surface area contributed by atoms with Gasteiger partial charge >= 0.3 is 0 Å². The van der Waals surface area contributed by atoms with Gasteiger partial charge in [-0.2, -0.15) is 0 Å². The minimum atomic E-state index is -1.06. The molecule has 0 spiro atoms. The largest absolute Gasteiger partial charge is 0.397 e. The molecule has 6 heteroatoms. The topological polar surface area (TPSA) is 63.4 Å². The second kappa shape index (κ2) is 4.37. The number of hydrogen-bond acceptors (Lipinski definition) is 3. The van der Waals surface area contributed by atoms with Gasteiger partial charge in [0.2, 0.25) is 0 Å². The van der Waals surface area contributed by atoms with Gasteiger partial charge in [-0.1, -0.05) is 11.6 Å². The second-order valence-corrected chi connectivity index (χ2v) is 4.82. The number of halogens is 2. The minimum absolute atomic E-state index is 0.175. The van der Waals surface area contributed by atoms with E-state index in [0.717, 1.165) is 11.6 Å². The molecule has 21 heavy (non-hydrogen) atoms. The first kappa shape index (κ1) is 13.2. The number of nitrogen functional groups attached to an aromatic ring is 1. The Morgan fingerprint density at radius 3 is 2.33 bits per heavy atom. The van der Waals surface area contributed by atoms with Crippen LogP contribution in [-0.2, 0) is 0 Å². The van der Waals surface area contributed by atoms with Crippen LogP contribution in [0.15, 0.2) is 30.3 Å². The number of rotatable bonds is 1. The number of nitrogens with two attached hydrogens (primary N) is 1. The summed E-state index contributed by atoms with van der Waals surface area (Å²) in [6.45, 7) is 1.77. The van der Waals surface area contributed by atoms with Crippen molar-refractivity contribution in [3.8, 4) is 0 Å². The van der Waals surface area contributed by atoms with Gasteiger partial charge in [0.25, 0.3) is 11.8 Å². The number of carbonyl (C=O) groups is 2. The Kier molecular flexibility index (Phi) is 2.76. The summed E-state index contributed by atoms with van der Waals surface area (Å²) in [5, 5.41) is 0. The summed E-state index contributed by atoms with van der Waals surface area (Å²) in [7, 11) is 0. The van der Waals surface area contributed by atoms with Crippen LogP contribution in [0.25, 0.3) is 0 Å². The number of fused-ring (bicyclic) bond motifs is 1. The lowest BCUT2D eigenvalue weighted by atomic mass is 10.1. The number of imide groups is 1. The minimum Gasteiger partial charge on any atom is -0.397 e. The predicted octanol–water partition coefficient (Wildman–Crippen LogP) is 2.66. The Hall–Kier alpha value is -2.76. The zero-order chi connectivity index (χ0) is 15.3. The van der Waals surface area contributed by atoms with Crippen molar-refractivity contribution in [2.24, 2.45) is 0 Å². The van der Waals surface area contributed by atoms with Gasteiger partial charge in [0, 0.05) is 6.07 Å². The molecule has 1 aliphatic heterocycles. The van der Waals surface area contributed by atoms with Crippen LogP contribution in [0.3, 0.4) is 0 Å². The fraction of sp³-hybridized carbons (Fsp3) is 0.0667. The highest BCUT2D eigenvalue weighted by molar-refractivity contribution is 6.35. The quantitative estimate of drug-likeness (QED) is 0.648. The molecule has 1 heterocycles. The maximum absolute atomic E-state index is 13.9. The van der Waals surface area contributed by atoms with Crippen molar-refractivity contribution in [2.45, 2.75) is 6.92 Å². The van der Waals surface area contributed by atoms with E-state index in [1.807, 2.05) is 0 Å². The van der Waals surface area contributed by atoms with Gasteiger partial charge in [0.05, 0.1) is 16.8 Å². The van der Waals surface area contributed by atoms with Gasteiger partial charge in [-0.25, -0.2) is 13.7 Å². The third-order valence-corrected chi connectivity index (χ3v) is 3.32. The van der Waals surface area contributed by atoms with E-state index in [0.29, 0.717) is 11.0 Å². The number of aryl methyl sites for hydroxylation is 1. The smallest absolute Gasteiger partial charge is 0.266 e. The molecule has 0 saturated carbocycles. The Morgan fingerprint density at radius 2 is 1.67 bits per heavy atom. The number of benzene rings is 2. The molecule has 4 nitrogen and oxygen atoms in total. The standard InChI is InChI=1S/C15H10F2N2O2/c1-7-2-3-9-10(4-7)15(21)19(14(9)20)13-11(17)5-8(16)6-12(13)18/h2-6H,18H2,1H3. The molecule has 0 aliphatic carbocycles. The SMILES string of the molecule is Cc1ccc2c(c1)C(=O)N(c1c(N)cc(F)cc1F)C2=O. The van der Waals surface area contributed by atoms with Crippen molar-refractivity contribution in [1.29, 1.82) is 0 Å². The van der Waals surface area contributed by atoms with E-state index < -0.39 is 29.1 Å². The molecule has 3 rings (SSSR count). The molecule has 0 radical (unpaired) electrons. The van der Waals surface area contributed by atoms with E-state index in [2.05, 4.69) is 0 Å². The fourth-order valence-corrected chi connectivity index (χ4v) is 2.38. The lowest BCUT2D eigenvalue weighted by Gasteiger charge is -2.17. The molecule has 0 saturated heterocycles. The Morgan fingerprint density at radius 1 is 1.00 bits per heavy atom. The zero-order valence-corrected chi connectivity index (χ0v) is 11.0. The summed E-state index contributed by atoms with van der Waals surface area (Å²) in [4.78, 5) is 25.3. The molecule has 2 amide bonds. The lowest BCUT2D eigenvalue weighted by Crippen LogP contribution is -2.31. The molecular weight excluding hydrogens is 278 g/mol. The van der Waals surface area contributed by atoms with Crippen molar-refractivity contribution in [2.75, 3.05) is 10.6 Å². The monoisotopic (exact) mass is 288 g/mol. The first-order valence-corrected chi connectivity index (χ1v) is 6.14. The van der Waals surface area contributed by atoms with Gasteiger partial charge in [0.1, 0.15) is 11.5 Å². The summed E-state index contributed by atoms with van der Waals surface area (Å²) in [6, 6.07) is 6.18. The normalized spacial score (nSPS) is 13.8. The predicted molar refractivity (Wildman–Crippen MR) is 73.1 cm³/mol. The van der Waals surface area contributed by atoms with Gasteiger partial charge in [-0.05, 0) is 25.1 Å². The third-order valence-electron chi connectivity index (χ3n) is 3.32. The molecule has 1 aliphatic rings. The molecular formula is C15H10F2N2O2. The van der Waals surface area contributed by atoms with Crippen molar-refractivity contribution in [1.82, 2.24) is 0 Å². The third kappa shape index (κ3) is 1.87. The highest BCUT2D eigenvalue weighted by atomic mass is 19.1. The number of carbonyl (C=O) groups excluding carboxylic acids is 2. The molecule has 0 bridgehead atoms. The van der Waals surface area contributed by atoms with E-state index in [-0.39, 0.29) is 16.8 Å². The van der Waals surface area contributed by atoms with Gasteiger partial charge < -0.3 is 5.73 Å². The second-order valence-electron chi connectivity index (χ2n) is 4.82. The van der Waals surface area contributed by atoms with Crippen LogP contribution in [0.4, 0.5) is 20.2 Å². The average Bonchev–Trinajstić information content (AvgIpc) is 2.62. The number of hydrogen-bond donors (Lipinski definition) is 1. The van der Waals surface area contributed by atoms with Crippen molar-refractivity contribution in [3.05, 3.63) is 58.7 Å². The zero-order valence-electron chi connectivity index (χ0n) is 11.0. The van der Waals surface area contributed by atoms with Gasteiger partial charge in [-0.3, -0.25) is 9.59 Å². The number of nitrogens with zero attached hydrogens (tertiary/aromatic N) is 1. The van der Waals surface area contributed by atoms with Crippen LogP contribution in [0.1, 0.15) is 26.3 Å². The molecule has 0 unspecified atom stereocenters. The first-order chi connectivity index (χ1) is 9.90. The first-order valence-electron chi connectivity index (χ1n) is 6.14. The van der Waals surface area contributed by atoms with Crippen LogP contribution in [0.2, 0.25) is 0 Å². The molecule has 2 aromatic rings. The molecule has 0 atom stereocenters. The van der Waals surface area contributed by atoms with Gasteiger partial charge in [-0.15, -0.1) is 0 Å². The highest BCUT2D eigenvalue weighted by Gasteiger charge is 2.39. The molecule has 2 aromatic carbocycles. The summed E-state index contributed by atoms with van der Waals surface area (Å²) in [5.41, 5.74) is 6.00. The summed E-state index contributed by atoms with van der Waals surface area (Å²) >= 11 is 0. The molecule has 106 valence electrons. The maximum Gasteiger partial charge on any atom is 0.266 e. The fourth-order valence-electron chi connectivity index (χ4n) is 2.38. The van der Waals surface area contributed by atoms with Crippen LogP contribution < -0.4 is 10.6 Å².